The summed E-state index contributed by atoms with van der Waals surface area (Å²) < 4.78 is 7.59. The predicted octanol–water partition coefficient (Wildman–Crippen LogP) is 3.73. The van der Waals surface area contributed by atoms with Crippen LogP contribution in [-0.2, 0) is 11.3 Å². The Morgan fingerprint density at radius 1 is 1.03 bits per heavy atom. The van der Waals surface area contributed by atoms with Gasteiger partial charge in [0, 0.05) is 37.9 Å². The maximum absolute atomic E-state index is 13.0. The van der Waals surface area contributed by atoms with Crippen LogP contribution in [0.25, 0.3) is 11.4 Å². The van der Waals surface area contributed by atoms with Crippen LogP contribution < -0.4 is 4.90 Å². The van der Waals surface area contributed by atoms with Crippen molar-refractivity contribution < 1.29 is 9.21 Å². The van der Waals surface area contributed by atoms with Crippen LogP contribution in [0.5, 0.6) is 0 Å². The molecule has 5 rings (SSSR count). The van der Waals surface area contributed by atoms with E-state index in [4.69, 9.17) is 4.42 Å². The van der Waals surface area contributed by atoms with Crippen LogP contribution in [-0.4, -0.2) is 62.5 Å². The van der Waals surface area contributed by atoms with Gasteiger partial charge in [-0.3, -0.25) is 9.36 Å². The Kier molecular flexibility index (Phi) is 6.62. The number of aromatic nitrogens is 4. The van der Waals surface area contributed by atoms with Gasteiger partial charge in [-0.1, -0.05) is 41.6 Å². The number of aryl methyl sites for hydroxylation is 1. The third kappa shape index (κ3) is 4.99. The van der Waals surface area contributed by atoms with Gasteiger partial charge in [-0.05, 0) is 37.3 Å². The number of hydrogen-bond acceptors (Lipinski definition) is 7. The summed E-state index contributed by atoms with van der Waals surface area (Å²) in [5.74, 6) is 2.95. The number of carbonyl (C=O) groups excluding carboxylic acids is 1. The van der Waals surface area contributed by atoms with Crippen LogP contribution in [0.2, 0.25) is 0 Å². The van der Waals surface area contributed by atoms with Crippen LogP contribution in [0, 0.1) is 6.92 Å². The number of piperazine rings is 1. The molecule has 9 heteroatoms. The highest BCUT2D eigenvalue weighted by atomic mass is 32.2. The van der Waals surface area contributed by atoms with Gasteiger partial charge in [0.2, 0.25) is 5.91 Å². The molecule has 0 unspecified atom stereocenters. The highest BCUT2D eigenvalue weighted by molar-refractivity contribution is 7.99. The zero-order chi connectivity index (χ0) is 23.3. The molecule has 174 valence electrons. The van der Waals surface area contributed by atoms with E-state index < -0.39 is 0 Å². The van der Waals surface area contributed by atoms with E-state index in [0.29, 0.717) is 30.5 Å². The first-order valence-corrected chi connectivity index (χ1v) is 12.2. The Morgan fingerprint density at radius 2 is 1.91 bits per heavy atom. The predicted molar refractivity (Wildman–Crippen MR) is 132 cm³/mol. The number of pyridine rings is 1. The second-order valence-corrected chi connectivity index (χ2v) is 9.13. The van der Waals surface area contributed by atoms with Gasteiger partial charge in [0.1, 0.15) is 11.6 Å². The zero-order valence-corrected chi connectivity index (χ0v) is 19.8. The van der Waals surface area contributed by atoms with Gasteiger partial charge in [0.05, 0.1) is 18.6 Å². The monoisotopic (exact) mass is 474 g/mol. The van der Waals surface area contributed by atoms with E-state index in [1.807, 2.05) is 51.9 Å². The molecule has 3 aromatic heterocycles. The molecular weight excluding hydrogens is 448 g/mol. The maximum Gasteiger partial charge on any atom is 0.233 e. The molecule has 0 N–H and O–H groups in total. The summed E-state index contributed by atoms with van der Waals surface area (Å²) in [6.45, 7) is 5.48. The summed E-state index contributed by atoms with van der Waals surface area (Å²) in [6.07, 6.45) is 3.46. The summed E-state index contributed by atoms with van der Waals surface area (Å²) in [4.78, 5) is 21.5. The standard InChI is InChI=1S/C25H26N6O2S/c1-19-6-4-7-20(16-19)24-27-28-25(31(24)17-21-8-5-15-33-21)34-18-23(32)30-13-11-29(12-14-30)22-9-2-3-10-26-22/h2-10,15-16H,11-14,17-18H2,1H3. The maximum atomic E-state index is 13.0. The molecule has 1 amide bonds. The number of nitrogens with zero attached hydrogens (tertiary/aromatic N) is 6. The molecule has 0 bridgehead atoms. The Hall–Kier alpha value is -3.59. The van der Waals surface area contributed by atoms with Crippen LogP contribution >= 0.6 is 11.8 Å². The molecule has 0 spiro atoms. The van der Waals surface area contributed by atoms with Crippen molar-refractivity contribution >= 4 is 23.5 Å². The molecule has 0 radical (unpaired) electrons. The number of thioether (sulfide) groups is 1. The Balaban J connectivity index is 1.26. The summed E-state index contributed by atoms with van der Waals surface area (Å²) in [5, 5.41) is 9.57. The van der Waals surface area contributed by atoms with Crippen molar-refractivity contribution in [2.75, 3.05) is 36.8 Å². The Morgan fingerprint density at radius 3 is 2.65 bits per heavy atom. The fraction of sp³-hybridized carbons (Fsp3) is 0.280. The smallest absolute Gasteiger partial charge is 0.233 e. The van der Waals surface area contributed by atoms with Gasteiger partial charge >= 0.3 is 0 Å². The lowest BCUT2D eigenvalue weighted by Crippen LogP contribution is -2.49. The molecule has 4 aromatic rings. The molecule has 0 atom stereocenters. The van der Waals surface area contributed by atoms with E-state index in [2.05, 4.69) is 39.1 Å². The lowest BCUT2D eigenvalue weighted by Gasteiger charge is -2.35. The third-order valence-electron chi connectivity index (χ3n) is 5.82. The van der Waals surface area contributed by atoms with Crippen molar-refractivity contribution in [3.05, 3.63) is 78.4 Å². The Labute approximate surface area is 202 Å². The average molecular weight is 475 g/mol. The van der Waals surface area contributed by atoms with Crippen molar-refractivity contribution in [2.24, 2.45) is 0 Å². The largest absolute Gasteiger partial charge is 0.467 e. The number of benzene rings is 1. The average Bonchev–Trinajstić information content (AvgIpc) is 3.54. The number of rotatable bonds is 7. The normalized spacial score (nSPS) is 13.9. The highest BCUT2D eigenvalue weighted by Gasteiger charge is 2.23. The van der Waals surface area contributed by atoms with Crippen molar-refractivity contribution in [1.29, 1.82) is 0 Å². The van der Waals surface area contributed by atoms with E-state index in [0.717, 1.165) is 41.6 Å². The van der Waals surface area contributed by atoms with E-state index >= 15 is 0 Å². The summed E-state index contributed by atoms with van der Waals surface area (Å²) in [5.41, 5.74) is 2.14. The fourth-order valence-electron chi connectivity index (χ4n) is 4.04. The third-order valence-corrected chi connectivity index (χ3v) is 6.77. The van der Waals surface area contributed by atoms with Crippen molar-refractivity contribution in [2.45, 2.75) is 18.6 Å². The summed E-state index contributed by atoms with van der Waals surface area (Å²) >= 11 is 1.42. The number of amides is 1. The minimum Gasteiger partial charge on any atom is -0.467 e. The first kappa shape index (κ1) is 22.2. The second-order valence-electron chi connectivity index (χ2n) is 8.19. The van der Waals surface area contributed by atoms with E-state index in [-0.39, 0.29) is 5.91 Å². The van der Waals surface area contributed by atoms with Gasteiger partial charge in [0.15, 0.2) is 11.0 Å². The molecule has 0 aliphatic carbocycles. The topological polar surface area (TPSA) is 80.3 Å². The van der Waals surface area contributed by atoms with Gasteiger partial charge in [-0.25, -0.2) is 4.98 Å². The zero-order valence-electron chi connectivity index (χ0n) is 19.0. The van der Waals surface area contributed by atoms with E-state index in [1.54, 1.807) is 12.5 Å². The summed E-state index contributed by atoms with van der Waals surface area (Å²) in [7, 11) is 0. The quantitative estimate of drug-likeness (QED) is 0.378. The molecule has 1 saturated heterocycles. The number of anilines is 1. The lowest BCUT2D eigenvalue weighted by atomic mass is 10.1. The molecule has 1 aliphatic heterocycles. The molecular formula is C25H26N6O2S. The molecule has 1 fully saturated rings. The van der Waals surface area contributed by atoms with E-state index in [9.17, 15) is 4.79 Å². The first-order chi connectivity index (χ1) is 16.7. The van der Waals surface area contributed by atoms with Crippen molar-refractivity contribution in [3.63, 3.8) is 0 Å². The summed E-state index contributed by atoms with van der Waals surface area (Å²) in [6, 6.07) is 17.9. The first-order valence-electron chi connectivity index (χ1n) is 11.3. The second kappa shape index (κ2) is 10.1. The number of furan rings is 1. The number of carbonyl (C=O) groups is 1. The van der Waals surface area contributed by atoms with Crippen molar-refractivity contribution in [1.82, 2.24) is 24.6 Å². The lowest BCUT2D eigenvalue weighted by molar-refractivity contribution is -0.128. The van der Waals surface area contributed by atoms with E-state index in [1.165, 1.54) is 11.8 Å². The highest BCUT2D eigenvalue weighted by Crippen LogP contribution is 2.26. The number of hydrogen-bond donors (Lipinski definition) is 0. The molecule has 4 heterocycles. The van der Waals surface area contributed by atoms with Crippen LogP contribution in [0.3, 0.4) is 0 Å². The molecule has 0 saturated carbocycles. The molecule has 1 aliphatic rings. The van der Waals surface area contributed by atoms with Gasteiger partial charge < -0.3 is 14.2 Å². The minimum atomic E-state index is 0.107. The van der Waals surface area contributed by atoms with Crippen LogP contribution in [0.4, 0.5) is 5.82 Å². The Bertz CT molecular complexity index is 1230. The van der Waals surface area contributed by atoms with Crippen LogP contribution in [0.1, 0.15) is 11.3 Å². The van der Waals surface area contributed by atoms with Gasteiger partial charge in [-0.15, -0.1) is 10.2 Å². The molecule has 1 aromatic carbocycles. The molecule has 8 nitrogen and oxygen atoms in total. The van der Waals surface area contributed by atoms with Gasteiger partial charge in [-0.2, -0.15) is 0 Å². The minimum absolute atomic E-state index is 0.107. The SMILES string of the molecule is Cc1cccc(-c2nnc(SCC(=O)N3CCN(c4ccccn4)CC3)n2Cc2ccco2)c1. The van der Waals surface area contributed by atoms with Crippen molar-refractivity contribution in [3.8, 4) is 11.4 Å². The van der Waals surface area contributed by atoms with Gasteiger partial charge in [0.25, 0.3) is 0 Å². The van der Waals surface area contributed by atoms with Crippen LogP contribution in [0.15, 0.2) is 76.6 Å². The molecule has 34 heavy (non-hydrogen) atoms. The fourth-order valence-corrected chi connectivity index (χ4v) is 4.88.